The van der Waals surface area contributed by atoms with Crippen LogP contribution in [-0.2, 0) is 9.59 Å². The van der Waals surface area contributed by atoms with Gasteiger partial charge in [-0.2, -0.15) is 0 Å². The summed E-state index contributed by atoms with van der Waals surface area (Å²) in [5.41, 5.74) is 1.03. The second-order valence-electron chi connectivity index (χ2n) is 7.80. The molecule has 2 fully saturated rings. The summed E-state index contributed by atoms with van der Waals surface area (Å²) in [6.45, 7) is -0.129. The lowest BCUT2D eigenvalue weighted by Gasteiger charge is -2.46. The smallest absolute Gasteiger partial charge is 0.332 e. The summed E-state index contributed by atoms with van der Waals surface area (Å²) in [4.78, 5) is 42.0. The molecule has 31 heavy (non-hydrogen) atoms. The van der Waals surface area contributed by atoms with Crippen LogP contribution in [0.25, 0.3) is 0 Å². The van der Waals surface area contributed by atoms with E-state index in [0.29, 0.717) is 35.0 Å². The van der Waals surface area contributed by atoms with Crippen molar-refractivity contribution < 1.29 is 19.1 Å². The van der Waals surface area contributed by atoms with Crippen molar-refractivity contribution in [2.24, 2.45) is 5.92 Å². The highest BCUT2D eigenvalue weighted by molar-refractivity contribution is 6.31. The normalized spacial score (nSPS) is 21.0. The lowest BCUT2D eigenvalue weighted by Crippen LogP contribution is -2.64. The Bertz CT molecular complexity index is 995. The van der Waals surface area contributed by atoms with E-state index in [9.17, 15) is 14.4 Å². The van der Waals surface area contributed by atoms with Crippen molar-refractivity contribution in [3.05, 3.63) is 53.6 Å². The number of urea groups is 1. The summed E-state index contributed by atoms with van der Waals surface area (Å²) in [5, 5.41) is 3.26. The zero-order valence-corrected chi connectivity index (χ0v) is 18.0. The van der Waals surface area contributed by atoms with Crippen LogP contribution >= 0.6 is 11.6 Å². The minimum atomic E-state index is -0.486. The number of nitrogens with one attached hydrogen (secondary N) is 1. The molecule has 0 spiro atoms. The Balaban J connectivity index is 1.57. The van der Waals surface area contributed by atoms with Crippen LogP contribution < -0.4 is 15.0 Å². The quantitative estimate of drug-likeness (QED) is 0.749. The fourth-order valence-corrected chi connectivity index (χ4v) is 4.55. The Morgan fingerprint density at radius 2 is 1.87 bits per heavy atom. The van der Waals surface area contributed by atoms with Crippen LogP contribution in [0.1, 0.15) is 25.7 Å². The van der Waals surface area contributed by atoms with E-state index in [2.05, 4.69) is 5.32 Å². The summed E-state index contributed by atoms with van der Waals surface area (Å²) in [6, 6.07) is 12.9. The Hall–Kier alpha value is -3.06. The molecule has 2 aromatic rings. The van der Waals surface area contributed by atoms with Gasteiger partial charge in [0.15, 0.2) is 0 Å². The van der Waals surface area contributed by atoms with E-state index in [4.69, 9.17) is 16.3 Å². The molecule has 1 aliphatic carbocycles. The highest BCUT2D eigenvalue weighted by Crippen LogP contribution is 2.37. The first-order valence-corrected chi connectivity index (χ1v) is 10.7. The number of carbonyl (C=O) groups is 3. The number of imide groups is 1. The van der Waals surface area contributed by atoms with Gasteiger partial charge in [0.05, 0.1) is 18.7 Å². The molecule has 0 aromatic heterocycles. The largest absolute Gasteiger partial charge is 0.497 e. The number of methoxy groups -OCH3 is 1. The lowest BCUT2D eigenvalue weighted by atomic mass is 9.81. The van der Waals surface area contributed by atoms with Gasteiger partial charge in [0.2, 0.25) is 11.8 Å². The number of nitrogens with zero attached hydrogens (tertiary/aromatic N) is 2. The third-order valence-corrected chi connectivity index (χ3v) is 6.09. The molecule has 1 N–H and O–H groups in total. The van der Waals surface area contributed by atoms with Crippen LogP contribution in [0.3, 0.4) is 0 Å². The molecule has 2 aromatic carbocycles. The average Bonchev–Trinajstić information content (AvgIpc) is 2.77. The molecule has 2 aliphatic rings. The van der Waals surface area contributed by atoms with E-state index in [1.54, 1.807) is 55.6 Å². The number of amides is 4. The summed E-state index contributed by atoms with van der Waals surface area (Å²) in [6.07, 6.45) is 3.26. The van der Waals surface area contributed by atoms with Crippen molar-refractivity contribution in [1.29, 1.82) is 0 Å². The maximum absolute atomic E-state index is 13.4. The Morgan fingerprint density at radius 3 is 2.58 bits per heavy atom. The lowest BCUT2D eigenvalue weighted by molar-refractivity contribution is -0.128. The van der Waals surface area contributed by atoms with Crippen molar-refractivity contribution in [3.63, 3.8) is 0 Å². The molecular formula is C23H24ClN3O4. The van der Waals surface area contributed by atoms with Crippen LogP contribution in [0.4, 0.5) is 16.2 Å². The summed E-state index contributed by atoms with van der Waals surface area (Å²) in [7, 11) is 1.57. The molecule has 4 amide bonds. The van der Waals surface area contributed by atoms with E-state index in [0.717, 1.165) is 12.8 Å². The van der Waals surface area contributed by atoms with Crippen LogP contribution in [0.2, 0.25) is 5.02 Å². The number of carbonyl (C=O) groups excluding carboxylic acids is 3. The van der Waals surface area contributed by atoms with Gasteiger partial charge in [0.1, 0.15) is 12.3 Å². The molecule has 162 valence electrons. The van der Waals surface area contributed by atoms with E-state index in [-0.39, 0.29) is 30.3 Å². The van der Waals surface area contributed by atoms with Crippen molar-refractivity contribution >= 4 is 40.8 Å². The van der Waals surface area contributed by atoms with Gasteiger partial charge in [-0.3, -0.25) is 9.59 Å². The number of benzene rings is 2. The number of hydrogen-bond donors (Lipinski definition) is 1. The third kappa shape index (κ3) is 4.37. The van der Waals surface area contributed by atoms with Crippen LogP contribution in [0.15, 0.2) is 48.5 Å². The first kappa shape index (κ1) is 21.2. The molecule has 1 saturated heterocycles. The van der Waals surface area contributed by atoms with Gasteiger partial charge < -0.3 is 15.0 Å². The molecule has 2 unspecified atom stereocenters. The standard InChI is InChI=1S/C23H24ClN3O4/c1-31-18-11-9-16(10-12-18)25-21(28)14-26-20-8-3-2-7-19(20)22(29)27(23(26)30)17-6-4-5-15(24)13-17/h4-6,9-13,19-20H,2-3,7-8,14H2,1H3,(H,25,28). The van der Waals surface area contributed by atoms with Gasteiger partial charge in [-0.15, -0.1) is 0 Å². The molecule has 0 radical (unpaired) electrons. The zero-order chi connectivity index (χ0) is 22.0. The van der Waals surface area contributed by atoms with Gasteiger partial charge in [-0.05, 0) is 55.3 Å². The molecule has 0 bridgehead atoms. The number of halogens is 1. The van der Waals surface area contributed by atoms with Crippen molar-refractivity contribution in [2.45, 2.75) is 31.7 Å². The molecular weight excluding hydrogens is 418 g/mol. The van der Waals surface area contributed by atoms with Gasteiger partial charge in [0.25, 0.3) is 0 Å². The van der Waals surface area contributed by atoms with Crippen molar-refractivity contribution in [1.82, 2.24) is 4.90 Å². The topological polar surface area (TPSA) is 79.0 Å². The van der Waals surface area contributed by atoms with E-state index >= 15 is 0 Å². The highest BCUT2D eigenvalue weighted by atomic mass is 35.5. The number of ether oxygens (including phenoxy) is 1. The zero-order valence-electron chi connectivity index (χ0n) is 17.2. The van der Waals surface area contributed by atoms with Gasteiger partial charge in [-0.25, -0.2) is 9.69 Å². The van der Waals surface area contributed by atoms with Crippen molar-refractivity contribution in [2.75, 3.05) is 23.9 Å². The van der Waals surface area contributed by atoms with Gasteiger partial charge in [-0.1, -0.05) is 30.5 Å². The minimum absolute atomic E-state index is 0.129. The van der Waals surface area contributed by atoms with E-state index < -0.39 is 6.03 Å². The maximum atomic E-state index is 13.4. The third-order valence-electron chi connectivity index (χ3n) is 5.86. The highest BCUT2D eigenvalue weighted by Gasteiger charge is 2.48. The monoisotopic (exact) mass is 441 g/mol. The van der Waals surface area contributed by atoms with Gasteiger partial charge in [0, 0.05) is 16.8 Å². The van der Waals surface area contributed by atoms with Crippen LogP contribution in [0, 0.1) is 5.92 Å². The van der Waals surface area contributed by atoms with Crippen LogP contribution in [-0.4, -0.2) is 42.4 Å². The Kier molecular flexibility index (Phi) is 6.13. The Morgan fingerprint density at radius 1 is 1.13 bits per heavy atom. The molecule has 4 rings (SSSR count). The first-order valence-electron chi connectivity index (χ1n) is 10.3. The maximum Gasteiger partial charge on any atom is 0.332 e. The first-order chi connectivity index (χ1) is 15.0. The predicted octanol–water partition coefficient (Wildman–Crippen LogP) is 4.31. The summed E-state index contributed by atoms with van der Waals surface area (Å²) < 4.78 is 5.13. The minimum Gasteiger partial charge on any atom is -0.497 e. The molecule has 1 aliphatic heterocycles. The number of hydrogen-bond acceptors (Lipinski definition) is 4. The SMILES string of the molecule is COc1ccc(NC(=O)CN2C(=O)N(c3cccc(Cl)c3)C(=O)C3CCCCC32)cc1. The average molecular weight is 442 g/mol. The molecule has 8 heteroatoms. The molecule has 1 saturated carbocycles. The number of anilines is 2. The second kappa shape index (κ2) is 8.98. The van der Waals surface area contributed by atoms with Crippen molar-refractivity contribution in [3.8, 4) is 5.75 Å². The number of fused-ring (bicyclic) bond motifs is 1. The Labute approximate surface area is 185 Å². The predicted molar refractivity (Wildman–Crippen MR) is 118 cm³/mol. The molecule has 1 heterocycles. The summed E-state index contributed by atoms with van der Waals surface area (Å²) in [5.74, 6) is -0.170. The fraction of sp³-hybridized carbons (Fsp3) is 0.348. The van der Waals surface area contributed by atoms with Gasteiger partial charge >= 0.3 is 6.03 Å². The van der Waals surface area contributed by atoms with E-state index in [1.165, 1.54) is 9.80 Å². The number of rotatable bonds is 5. The fourth-order valence-electron chi connectivity index (χ4n) is 4.37. The molecule has 7 nitrogen and oxygen atoms in total. The van der Waals surface area contributed by atoms with E-state index in [1.807, 2.05) is 0 Å². The summed E-state index contributed by atoms with van der Waals surface area (Å²) >= 11 is 6.09. The second-order valence-corrected chi connectivity index (χ2v) is 8.24. The molecule has 2 atom stereocenters. The van der Waals surface area contributed by atoms with Crippen LogP contribution in [0.5, 0.6) is 5.75 Å².